The highest BCUT2D eigenvalue weighted by Crippen LogP contribution is 2.35. The van der Waals surface area contributed by atoms with Crippen molar-refractivity contribution in [2.45, 2.75) is 0 Å². The van der Waals surface area contributed by atoms with E-state index in [2.05, 4.69) is 46.9 Å². The summed E-state index contributed by atoms with van der Waals surface area (Å²) in [5, 5.41) is 4.13. The Morgan fingerprint density at radius 2 is 1.38 bits per heavy atom. The van der Waals surface area contributed by atoms with Crippen LogP contribution >= 0.6 is 22.7 Å². The molecular formula is C21H14OS2. The maximum absolute atomic E-state index is 6.13. The fraction of sp³-hybridized carbons (Fsp3) is 0.0476. The van der Waals surface area contributed by atoms with Crippen molar-refractivity contribution in [1.82, 2.24) is 0 Å². The first-order chi connectivity index (χ1) is 11.9. The highest BCUT2D eigenvalue weighted by Gasteiger charge is 2.18. The van der Waals surface area contributed by atoms with Gasteiger partial charge in [0.05, 0.1) is 15.7 Å². The number of hydrogen-bond acceptors (Lipinski definition) is 3. The molecule has 24 heavy (non-hydrogen) atoms. The van der Waals surface area contributed by atoms with E-state index in [4.69, 9.17) is 4.74 Å². The molecule has 0 unspecified atom stereocenters. The van der Waals surface area contributed by atoms with E-state index in [0.29, 0.717) is 0 Å². The van der Waals surface area contributed by atoms with E-state index in [9.17, 15) is 0 Å². The molecule has 0 fully saturated rings. The number of allylic oxidation sites excluding steroid dienone is 2. The molecule has 0 bridgehead atoms. The third-order valence-corrected chi connectivity index (χ3v) is 5.34. The zero-order valence-corrected chi connectivity index (χ0v) is 14.4. The standard InChI is InChI=1S/C21H14OS2/c1-2-6-16(7-3-1)10-11-17-14-18(20-8-4-12-23-20)22-19(15-17)21-9-5-13-24-21/h1-9,12-15,17H. The van der Waals surface area contributed by atoms with Crippen LogP contribution in [0.3, 0.4) is 0 Å². The molecule has 3 aromatic rings. The Kier molecular flexibility index (Phi) is 4.33. The Bertz CT molecular complexity index is 871. The summed E-state index contributed by atoms with van der Waals surface area (Å²) in [5.41, 5.74) is 1.03. The number of hydrogen-bond donors (Lipinski definition) is 0. The number of rotatable bonds is 2. The first-order valence-corrected chi connectivity index (χ1v) is 9.40. The molecule has 0 atom stereocenters. The second-order valence-electron chi connectivity index (χ2n) is 5.28. The SMILES string of the molecule is C(#CC1C=C(c2cccs2)OC(c2cccs2)=C1)c1ccccc1. The van der Waals surface area contributed by atoms with Gasteiger partial charge in [-0.15, -0.1) is 22.7 Å². The Morgan fingerprint density at radius 1 is 0.750 bits per heavy atom. The Morgan fingerprint density at radius 3 is 1.92 bits per heavy atom. The molecule has 1 aromatic carbocycles. The van der Waals surface area contributed by atoms with Crippen LogP contribution in [-0.4, -0.2) is 0 Å². The lowest BCUT2D eigenvalue weighted by atomic mass is 10.0. The third-order valence-electron chi connectivity index (χ3n) is 3.57. The fourth-order valence-corrected chi connectivity index (χ4v) is 3.81. The molecule has 0 spiro atoms. The van der Waals surface area contributed by atoms with Crippen molar-refractivity contribution >= 4 is 34.2 Å². The fourth-order valence-electron chi connectivity index (χ4n) is 2.43. The molecule has 0 saturated carbocycles. The molecule has 0 amide bonds. The molecule has 3 heteroatoms. The van der Waals surface area contributed by atoms with E-state index in [-0.39, 0.29) is 5.92 Å². The van der Waals surface area contributed by atoms with Gasteiger partial charge in [0.25, 0.3) is 0 Å². The average Bonchev–Trinajstić information content (AvgIpc) is 3.34. The summed E-state index contributed by atoms with van der Waals surface area (Å²) < 4.78 is 6.13. The molecule has 4 rings (SSSR count). The van der Waals surface area contributed by atoms with Crippen molar-refractivity contribution in [2.24, 2.45) is 5.92 Å². The van der Waals surface area contributed by atoms with Crippen molar-refractivity contribution in [2.75, 3.05) is 0 Å². The number of thiophene rings is 2. The molecule has 1 aliphatic heterocycles. The zero-order chi connectivity index (χ0) is 16.2. The zero-order valence-electron chi connectivity index (χ0n) is 12.8. The summed E-state index contributed by atoms with van der Waals surface area (Å²) in [6, 6.07) is 18.3. The van der Waals surface area contributed by atoms with Gasteiger partial charge in [-0.2, -0.15) is 0 Å². The van der Waals surface area contributed by atoms with E-state index in [1.54, 1.807) is 22.7 Å². The van der Waals surface area contributed by atoms with Gasteiger partial charge in [0.15, 0.2) is 0 Å². The monoisotopic (exact) mass is 346 g/mol. The van der Waals surface area contributed by atoms with Crippen molar-refractivity contribution in [3.63, 3.8) is 0 Å². The van der Waals surface area contributed by atoms with Crippen LogP contribution in [0.15, 0.2) is 77.5 Å². The lowest BCUT2D eigenvalue weighted by Crippen LogP contribution is -2.02. The van der Waals surface area contributed by atoms with Crippen molar-refractivity contribution < 1.29 is 4.74 Å². The lowest BCUT2D eigenvalue weighted by molar-refractivity contribution is 0.461. The number of ether oxygens (including phenoxy) is 1. The van der Waals surface area contributed by atoms with Crippen LogP contribution < -0.4 is 0 Å². The van der Waals surface area contributed by atoms with Gasteiger partial charge in [-0.25, -0.2) is 0 Å². The topological polar surface area (TPSA) is 9.23 Å². The van der Waals surface area contributed by atoms with Gasteiger partial charge in [-0.3, -0.25) is 0 Å². The van der Waals surface area contributed by atoms with E-state index >= 15 is 0 Å². The normalized spacial score (nSPS) is 14.2. The van der Waals surface area contributed by atoms with E-state index < -0.39 is 0 Å². The minimum Gasteiger partial charge on any atom is -0.455 e. The highest BCUT2D eigenvalue weighted by atomic mass is 32.1. The van der Waals surface area contributed by atoms with Crippen LogP contribution in [0.25, 0.3) is 11.5 Å². The van der Waals surface area contributed by atoms with E-state index in [0.717, 1.165) is 26.8 Å². The smallest absolute Gasteiger partial charge is 0.142 e. The van der Waals surface area contributed by atoms with E-state index in [1.807, 2.05) is 42.5 Å². The summed E-state index contributed by atoms with van der Waals surface area (Å²) in [7, 11) is 0. The second-order valence-corrected chi connectivity index (χ2v) is 7.18. The Labute approximate surface area is 149 Å². The third kappa shape index (κ3) is 3.35. The van der Waals surface area contributed by atoms with Crippen molar-refractivity contribution in [3.8, 4) is 11.8 Å². The maximum Gasteiger partial charge on any atom is 0.142 e. The Balaban J connectivity index is 1.69. The summed E-state index contributed by atoms with van der Waals surface area (Å²) in [4.78, 5) is 2.26. The minimum absolute atomic E-state index is 0.0353. The van der Waals surface area contributed by atoms with Gasteiger partial charge in [0.2, 0.25) is 0 Å². The summed E-state index contributed by atoms with van der Waals surface area (Å²) in [5.74, 6) is 8.43. The summed E-state index contributed by atoms with van der Waals surface area (Å²) in [6.07, 6.45) is 4.19. The molecule has 116 valence electrons. The minimum atomic E-state index is 0.0353. The molecule has 0 saturated heterocycles. The highest BCUT2D eigenvalue weighted by molar-refractivity contribution is 7.11. The van der Waals surface area contributed by atoms with Crippen LogP contribution in [-0.2, 0) is 4.74 Å². The van der Waals surface area contributed by atoms with Crippen molar-refractivity contribution in [1.29, 1.82) is 0 Å². The van der Waals surface area contributed by atoms with E-state index in [1.165, 1.54) is 0 Å². The summed E-state index contributed by atoms with van der Waals surface area (Å²) >= 11 is 3.36. The Hall–Kier alpha value is -2.54. The predicted octanol–water partition coefficient (Wildman–Crippen LogP) is 5.89. The predicted molar refractivity (Wildman–Crippen MR) is 102 cm³/mol. The average molecular weight is 346 g/mol. The first-order valence-electron chi connectivity index (χ1n) is 7.64. The van der Waals surface area contributed by atoms with Gasteiger partial charge in [-0.05, 0) is 47.2 Å². The van der Waals surface area contributed by atoms with Gasteiger partial charge in [0, 0.05) is 5.56 Å². The van der Waals surface area contributed by atoms with Gasteiger partial charge in [-0.1, -0.05) is 42.2 Å². The number of benzene rings is 1. The quantitative estimate of drug-likeness (QED) is 0.526. The largest absolute Gasteiger partial charge is 0.455 e. The first kappa shape index (κ1) is 15.0. The summed E-state index contributed by atoms with van der Waals surface area (Å²) in [6.45, 7) is 0. The van der Waals surface area contributed by atoms with Crippen LogP contribution in [0, 0.1) is 17.8 Å². The van der Waals surface area contributed by atoms with Crippen LogP contribution in [0.1, 0.15) is 15.3 Å². The molecule has 1 nitrogen and oxygen atoms in total. The maximum atomic E-state index is 6.13. The molecular weight excluding hydrogens is 332 g/mol. The molecule has 0 N–H and O–H groups in total. The molecule has 2 aromatic heterocycles. The van der Waals surface area contributed by atoms with Gasteiger partial charge in [0.1, 0.15) is 11.5 Å². The molecule has 0 aliphatic carbocycles. The van der Waals surface area contributed by atoms with Gasteiger partial charge < -0.3 is 4.74 Å². The van der Waals surface area contributed by atoms with Crippen LogP contribution in [0.4, 0.5) is 0 Å². The second kappa shape index (κ2) is 6.92. The lowest BCUT2D eigenvalue weighted by Gasteiger charge is -2.18. The molecule has 1 aliphatic rings. The molecule has 3 heterocycles. The van der Waals surface area contributed by atoms with Crippen LogP contribution in [0.2, 0.25) is 0 Å². The van der Waals surface area contributed by atoms with Crippen molar-refractivity contribution in [3.05, 3.63) is 92.8 Å². The van der Waals surface area contributed by atoms with Gasteiger partial charge >= 0.3 is 0 Å². The molecule has 0 radical (unpaired) electrons. The van der Waals surface area contributed by atoms with Crippen LogP contribution in [0.5, 0.6) is 0 Å².